The fraction of sp³-hybridized carbons (Fsp3) is 0.571. The predicted molar refractivity (Wildman–Crippen MR) is 77.1 cm³/mol. The number of rotatable bonds is 4. The van der Waals surface area contributed by atoms with Crippen LogP contribution in [-0.4, -0.2) is 56.6 Å². The van der Waals surface area contributed by atoms with Crippen LogP contribution >= 0.6 is 0 Å². The Balaban J connectivity index is 1.98. The molecule has 0 saturated carbocycles. The fourth-order valence-corrected chi connectivity index (χ4v) is 2.42. The van der Waals surface area contributed by atoms with Crippen LogP contribution in [0.1, 0.15) is 0 Å². The van der Waals surface area contributed by atoms with Crippen LogP contribution in [-0.2, 0) is 0 Å². The smallest absolute Gasteiger partial charge is 0.422 e. The SMILES string of the molecule is Nc1ccc(N2CCN(CC(F)(F)F)CC2)cc1OCC(F)(F)F. The summed E-state index contributed by atoms with van der Waals surface area (Å²) in [5.74, 6) is -0.0949. The molecule has 1 aromatic carbocycles. The van der Waals surface area contributed by atoms with Gasteiger partial charge in [0.05, 0.1) is 12.2 Å². The number of piperazine rings is 1. The minimum atomic E-state index is -4.48. The molecule has 0 spiro atoms. The number of nitrogens with two attached hydrogens (primary N) is 1. The highest BCUT2D eigenvalue weighted by Crippen LogP contribution is 2.30. The highest BCUT2D eigenvalue weighted by molar-refractivity contribution is 5.62. The van der Waals surface area contributed by atoms with Crippen molar-refractivity contribution in [3.05, 3.63) is 18.2 Å². The third kappa shape index (κ3) is 5.66. The maximum absolute atomic E-state index is 12.4. The van der Waals surface area contributed by atoms with Gasteiger partial charge < -0.3 is 15.4 Å². The Hall–Kier alpha value is -1.84. The summed E-state index contributed by atoms with van der Waals surface area (Å²) in [6, 6.07) is 4.40. The van der Waals surface area contributed by atoms with Gasteiger partial charge in [0.25, 0.3) is 0 Å². The van der Waals surface area contributed by atoms with Crippen molar-refractivity contribution in [3.63, 3.8) is 0 Å². The van der Waals surface area contributed by atoms with E-state index in [9.17, 15) is 26.3 Å². The van der Waals surface area contributed by atoms with Crippen LogP contribution in [0.2, 0.25) is 0 Å². The van der Waals surface area contributed by atoms with Gasteiger partial charge in [-0.2, -0.15) is 26.3 Å². The molecule has 0 aromatic heterocycles. The quantitative estimate of drug-likeness (QED) is 0.665. The molecule has 0 unspecified atom stereocenters. The average Bonchev–Trinajstić information content (AvgIpc) is 2.45. The van der Waals surface area contributed by atoms with Crippen molar-refractivity contribution in [2.45, 2.75) is 12.4 Å². The number of nitrogen functional groups attached to an aromatic ring is 1. The number of hydrogen-bond acceptors (Lipinski definition) is 4. The zero-order valence-electron chi connectivity index (χ0n) is 12.6. The van der Waals surface area contributed by atoms with Crippen molar-refractivity contribution in [2.75, 3.05) is 50.0 Å². The van der Waals surface area contributed by atoms with Crippen LogP contribution < -0.4 is 15.4 Å². The molecule has 0 aliphatic carbocycles. The largest absolute Gasteiger partial charge is 0.482 e. The molecule has 24 heavy (non-hydrogen) atoms. The molecule has 1 aliphatic heterocycles. The summed E-state index contributed by atoms with van der Waals surface area (Å²) in [6.07, 6.45) is -8.73. The first-order valence-electron chi connectivity index (χ1n) is 7.17. The Morgan fingerprint density at radius 3 is 2.12 bits per heavy atom. The van der Waals surface area contributed by atoms with E-state index in [0.717, 1.165) is 0 Å². The normalized spacial score (nSPS) is 17.2. The van der Waals surface area contributed by atoms with Crippen LogP contribution in [0.3, 0.4) is 0 Å². The molecule has 136 valence electrons. The molecule has 0 radical (unpaired) electrons. The molecule has 1 fully saturated rings. The van der Waals surface area contributed by atoms with Crippen LogP contribution in [0.4, 0.5) is 37.7 Å². The molecule has 0 atom stereocenters. The Morgan fingerprint density at radius 1 is 0.958 bits per heavy atom. The maximum Gasteiger partial charge on any atom is 0.422 e. The zero-order valence-corrected chi connectivity index (χ0v) is 12.6. The van der Waals surface area contributed by atoms with Gasteiger partial charge in [-0.1, -0.05) is 0 Å². The van der Waals surface area contributed by atoms with E-state index in [1.54, 1.807) is 11.0 Å². The van der Waals surface area contributed by atoms with Crippen LogP contribution in [0.5, 0.6) is 5.75 Å². The van der Waals surface area contributed by atoms with Gasteiger partial charge in [0.1, 0.15) is 5.75 Å². The Kier molecular flexibility index (Phi) is 5.36. The number of hydrogen-bond donors (Lipinski definition) is 1. The molecule has 10 heteroatoms. The molecule has 2 rings (SSSR count). The predicted octanol–water partition coefficient (Wildman–Crippen LogP) is 2.89. The molecule has 0 bridgehead atoms. The van der Waals surface area contributed by atoms with E-state index in [0.29, 0.717) is 18.8 Å². The summed E-state index contributed by atoms with van der Waals surface area (Å²) in [6.45, 7) is -1.34. The number of nitrogens with zero attached hydrogens (tertiary/aromatic N) is 2. The van der Waals surface area contributed by atoms with Gasteiger partial charge >= 0.3 is 12.4 Å². The lowest BCUT2D eigenvalue weighted by atomic mass is 10.2. The van der Waals surface area contributed by atoms with Crippen molar-refractivity contribution in [1.29, 1.82) is 0 Å². The summed E-state index contributed by atoms with van der Waals surface area (Å²) < 4.78 is 78.5. The summed E-state index contributed by atoms with van der Waals surface area (Å²) >= 11 is 0. The molecule has 1 heterocycles. The maximum atomic E-state index is 12.4. The molecule has 0 amide bonds. The zero-order chi connectivity index (χ0) is 18.0. The van der Waals surface area contributed by atoms with Crippen molar-refractivity contribution in [2.24, 2.45) is 0 Å². The van der Waals surface area contributed by atoms with Gasteiger partial charge in [-0.3, -0.25) is 4.90 Å². The van der Waals surface area contributed by atoms with Gasteiger partial charge in [0, 0.05) is 37.9 Å². The van der Waals surface area contributed by atoms with Crippen molar-refractivity contribution in [1.82, 2.24) is 4.90 Å². The van der Waals surface area contributed by atoms with Crippen LogP contribution in [0.15, 0.2) is 18.2 Å². The first-order valence-corrected chi connectivity index (χ1v) is 7.17. The first kappa shape index (κ1) is 18.5. The molecule has 1 saturated heterocycles. The summed E-state index contributed by atoms with van der Waals surface area (Å²) in [4.78, 5) is 3.07. The molecule has 1 aromatic rings. The monoisotopic (exact) mass is 357 g/mol. The van der Waals surface area contributed by atoms with Crippen LogP contribution in [0.25, 0.3) is 0 Å². The third-order valence-electron chi connectivity index (χ3n) is 3.53. The molecule has 2 N–H and O–H groups in total. The summed E-state index contributed by atoms with van der Waals surface area (Å²) in [5, 5.41) is 0. The van der Waals surface area contributed by atoms with E-state index in [1.807, 2.05) is 0 Å². The van der Waals surface area contributed by atoms with Crippen molar-refractivity contribution >= 4 is 11.4 Å². The number of halogens is 6. The van der Waals surface area contributed by atoms with Gasteiger partial charge in [0.15, 0.2) is 6.61 Å². The van der Waals surface area contributed by atoms with E-state index in [2.05, 4.69) is 4.74 Å². The van der Waals surface area contributed by atoms with Gasteiger partial charge in [0.2, 0.25) is 0 Å². The first-order chi connectivity index (χ1) is 11.0. The average molecular weight is 357 g/mol. The number of alkyl halides is 6. The lowest BCUT2D eigenvalue weighted by Gasteiger charge is -2.36. The van der Waals surface area contributed by atoms with E-state index >= 15 is 0 Å². The van der Waals surface area contributed by atoms with E-state index in [4.69, 9.17) is 5.73 Å². The second-order valence-corrected chi connectivity index (χ2v) is 5.50. The van der Waals surface area contributed by atoms with E-state index in [-0.39, 0.29) is 24.5 Å². The number of anilines is 2. The fourth-order valence-electron chi connectivity index (χ4n) is 2.42. The molecular weight excluding hydrogens is 340 g/mol. The van der Waals surface area contributed by atoms with Gasteiger partial charge in [-0.15, -0.1) is 0 Å². The second kappa shape index (κ2) is 6.96. The van der Waals surface area contributed by atoms with Crippen molar-refractivity contribution in [3.8, 4) is 5.75 Å². The van der Waals surface area contributed by atoms with Gasteiger partial charge in [-0.05, 0) is 12.1 Å². The molecular formula is C14H17F6N3O. The van der Waals surface area contributed by atoms with Crippen molar-refractivity contribution < 1.29 is 31.1 Å². The number of ether oxygens (including phenoxy) is 1. The lowest BCUT2D eigenvalue weighted by Crippen LogP contribution is -2.49. The van der Waals surface area contributed by atoms with Gasteiger partial charge in [-0.25, -0.2) is 0 Å². The molecule has 1 aliphatic rings. The second-order valence-electron chi connectivity index (χ2n) is 5.50. The summed E-state index contributed by atoms with van der Waals surface area (Å²) in [7, 11) is 0. The van der Waals surface area contributed by atoms with E-state index in [1.165, 1.54) is 17.0 Å². The highest BCUT2D eigenvalue weighted by atomic mass is 19.4. The van der Waals surface area contributed by atoms with E-state index < -0.39 is 25.5 Å². The minimum Gasteiger partial charge on any atom is -0.482 e. The minimum absolute atomic E-state index is 0.0682. The Morgan fingerprint density at radius 2 is 1.58 bits per heavy atom. The van der Waals surface area contributed by atoms with Crippen LogP contribution in [0, 0.1) is 0 Å². The Labute approximate surface area is 134 Å². The number of benzene rings is 1. The topological polar surface area (TPSA) is 41.7 Å². The summed E-state index contributed by atoms with van der Waals surface area (Å²) in [5.41, 5.74) is 6.23. The lowest BCUT2D eigenvalue weighted by molar-refractivity contribution is -0.153. The molecule has 4 nitrogen and oxygen atoms in total. The third-order valence-corrected chi connectivity index (χ3v) is 3.53. The standard InChI is InChI=1S/C14H17F6N3O/c15-13(16,17)8-22-3-5-23(6-4-22)10-1-2-11(21)12(7-10)24-9-14(18,19)20/h1-2,7H,3-6,8-9,21H2. The Bertz CT molecular complexity index is 552. The highest BCUT2D eigenvalue weighted by Gasteiger charge is 2.32.